The molecule has 0 aliphatic carbocycles. The van der Waals surface area contributed by atoms with E-state index in [0.717, 1.165) is 34.4 Å². The van der Waals surface area contributed by atoms with Gasteiger partial charge in [0.25, 0.3) is 0 Å². The van der Waals surface area contributed by atoms with Gasteiger partial charge in [0.05, 0.1) is 37.3 Å². The van der Waals surface area contributed by atoms with Crippen molar-refractivity contribution in [2.24, 2.45) is 0 Å². The Morgan fingerprint density at radius 3 is 2.71 bits per heavy atom. The molecule has 1 aromatic heterocycles. The van der Waals surface area contributed by atoms with Gasteiger partial charge in [-0.1, -0.05) is 13.0 Å². The van der Waals surface area contributed by atoms with Gasteiger partial charge in [-0.15, -0.1) is 0 Å². The molecule has 0 bridgehead atoms. The summed E-state index contributed by atoms with van der Waals surface area (Å²) in [6.07, 6.45) is 0.847. The molecule has 0 amide bonds. The van der Waals surface area contributed by atoms with Gasteiger partial charge in [-0.05, 0) is 53.9 Å². The molecule has 0 aliphatic heterocycles. The van der Waals surface area contributed by atoms with Crippen LogP contribution in [0.1, 0.15) is 30.8 Å². The van der Waals surface area contributed by atoms with Crippen molar-refractivity contribution in [2.45, 2.75) is 44.4 Å². The largest absolute Gasteiger partial charge is 0.398 e. The Bertz CT molecular complexity index is 682. The van der Waals surface area contributed by atoms with Crippen molar-refractivity contribution in [3.63, 3.8) is 0 Å². The fourth-order valence-electron chi connectivity index (χ4n) is 2.20. The molecular weight excluding hydrogens is 350 g/mol. The fraction of sp³-hybridized carbons (Fsp3) is 0.400. The standard InChI is InChI=1S/C15H20BrN3OS/c1-4-12-15(16)13(19(5-2)18-12)9-21(20)14-8-10(3)6-7-11(14)17/h6-8H,4-5,9,17H2,1-3H3. The number of nitrogens with two attached hydrogens (primary N) is 1. The van der Waals surface area contributed by atoms with Crippen LogP contribution < -0.4 is 5.73 Å². The summed E-state index contributed by atoms with van der Waals surface area (Å²) in [5.74, 6) is 0.412. The van der Waals surface area contributed by atoms with Crippen LogP contribution in [0.3, 0.4) is 0 Å². The second-order valence-corrected chi connectivity index (χ2v) is 7.12. The second-order valence-electron chi connectivity index (χ2n) is 4.91. The Labute approximate surface area is 136 Å². The Morgan fingerprint density at radius 1 is 1.38 bits per heavy atom. The molecule has 0 spiro atoms. The van der Waals surface area contributed by atoms with Crippen molar-refractivity contribution in [2.75, 3.05) is 5.73 Å². The lowest BCUT2D eigenvalue weighted by Crippen LogP contribution is -2.08. The normalized spacial score (nSPS) is 12.6. The van der Waals surface area contributed by atoms with Gasteiger partial charge in [-0.25, -0.2) is 0 Å². The lowest BCUT2D eigenvalue weighted by molar-refractivity contribution is 0.623. The average Bonchev–Trinajstić information content (AvgIpc) is 2.77. The highest BCUT2D eigenvalue weighted by Crippen LogP contribution is 2.27. The van der Waals surface area contributed by atoms with Crippen molar-refractivity contribution in [3.05, 3.63) is 39.6 Å². The molecule has 6 heteroatoms. The fourth-order valence-corrected chi connectivity index (χ4v) is 4.43. The molecule has 21 heavy (non-hydrogen) atoms. The van der Waals surface area contributed by atoms with Gasteiger partial charge < -0.3 is 5.73 Å². The molecule has 2 N–H and O–H groups in total. The van der Waals surface area contributed by atoms with Crippen LogP contribution in [-0.2, 0) is 29.5 Å². The van der Waals surface area contributed by atoms with Crippen LogP contribution in [0.2, 0.25) is 0 Å². The van der Waals surface area contributed by atoms with Crippen molar-refractivity contribution in [1.82, 2.24) is 9.78 Å². The Hall–Kier alpha value is -1.14. The van der Waals surface area contributed by atoms with Gasteiger partial charge in [-0.2, -0.15) is 5.10 Å². The Balaban J connectivity index is 2.35. The summed E-state index contributed by atoms with van der Waals surface area (Å²) < 4.78 is 15.5. The van der Waals surface area contributed by atoms with Crippen LogP contribution in [0.15, 0.2) is 27.6 Å². The molecule has 0 radical (unpaired) electrons. The van der Waals surface area contributed by atoms with Crippen molar-refractivity contribution in [1.29, 1.82) is 0 Å². The number of benzene rings is 1. The van der Waals surface area contributed by atoms with Gasteiger partial charge in [0.1, 0.15) is 0 Å². The molecule has 114 valence electrons. The van der Waals surface area contributed by atoms with Crippen LogP contribution in [-0.4, -0.2) is 14.0 Å². The van der Waals surface area contributed by atoms with E-state index < -0.39 is 10.8 Å². The van der Waals surface area contributed by atoms with E-state index in [2.05, 4.69) is 28.0 Å². The maximum atomic E-state index is 12.7. The lowest BCUT2D eigenvalue weighted by Gasteiger charge is -2.09. The highest BCUT2D eigenvalue weighted by Gasteiger charge is 2.18. The second kappa shape index (κ2) is 6.75. The molecule has 2 aromatic rings. The van der Waals surface area contributed by atoms with Gasteiger partial charge in [-0.3, -0.25) is 8.89 Å². The molecule has 4 nitrogen and oxygen atoms in total. The maximum Gasteiger partial charge on any atom is 0.0767 e. The minimum Gasteiger partial charge on any atom is -0.398 e. The average molecular weight is 370 g/mol. The zero-order valence-corrected chi connectivity index (χ0v) is 14.9. The summed E-state index contributed by atoms with van der Waals surface area (Å²) in [6, 6.07) is 5.64. The number of rotatable bonds is 5. The number of halogens is 1. The molecule has 1 aromatic carbocycles. The minimum atomic E-state index is -1.18. The quantitative estimate of drug-likeness (QED) is 0.821. The third kappa shape index (κ3) is 3.37. The number of nitrogens with zero attached hydrogens (tertiary/aromatic N) is 2. The predicted molar refractivity (Wildman–Crippen MR) is 90.7 cm³/mol. The summed E-state index contributed by atoms with van der Waals surface area (Å²) in [6.45, 7) is 6.83. The number of hydrogen-bond donors (Lipinski definition) is 1. The molecule has 0 saturated heterocycles. The summed E-state index contributed by atoms with van der Waals surface area (Å²) in [4.78, 5) is 0.698. The molecule has 0 fully saturated rings. The lowest BCUT2D eigenvalue weighted by atomic mass is 10.2. The number of anilines is 1. The van der Waals surface area contributed by atoms with Crippen LogP contribution in [0, 0.1) is 6.92 Å². The van der Waals surface area contributed by atoms with E-state index >= 15 is 0 Å². The molecule has 2 rings (SSSR count). The molecule has 1 atom stereocenters. The first-order valence-corrected chi connectivity index (χ1v) is 9.07. The number of aromatic nitrogens is 2. The summed E-state index contributed by atoms with van der Waals surface area (Å²) in [5, 5.41) is 4.54. The summed E-state index contributed by atoms with van der Waals surface area (Å²) >= 11 is 3.59. The Kier molecular flexibility index (Phi) is 5.22. The van der Waals surface area contributed by atoms with Crippen LogP contribution in [0.4, 0.5) is 5.69 Å². The predicted octanol–water partition coefficient (Wildman–Crippen LogP) is 3.43. The summed E-state index contributed by atoms with van der Waals surface area (Å²) in [5.41, 5.74) is 9.56. The monoisotopic (exact) mass is 369 g/mol. The first kappa shape index (κ1) is 16.2. The molecule has 1 heterocycles. The minimum absolute atomic E-state index is 0.412. The number of aryl methyl sites for hydroxylation is 3. The van der Waals surface area contributed by atoms with Gasteiger partial charge in [0.15, 0.2) is 0 Å². The van der Waals surface area contributed by atoms with E-state index in [4.69, 9.17) is 5.73 Å². The smallest absolute Gasteiger partial charge is 0.0767 e. The topological polar surface area (TPSA) is 60.9 Å². The highest BCUT2D eigenvalue weighted by molar-refractivity contribution is 9.10. The van der Waals surface area contributed by atoms with Crippen molar-refractivity contribution < 1.29 is 4.21 Å². The van der Waals surface area contributed by atoms with Gasteiger partial charge >= 0.3 is 0 Å². The Morgan fingerprint density at radius 2 is 2.10 bits per heavy atom. The van der Waals surface area contributed by atoms with E-state index in [1.54, 1.807) is 0 Å². The molecule has 0 aliphatic rings. The van der Waals surface area contributed by atoms with Crippen LogP contribution in [0.5, 0.6) is 0 Å². The van der Waals surface area contributed by atoms with Gasteiger partial charge in [0.2, 0.25) is 0 Å². The molecule has 1 unspecified atom stereocenters. The van der Waals surface area contributed by atoms with Crippen molar-refractivity contribution in [3.8, 4) is 0 Å². The molecule has 0 saturated carbocycles. The van der Waals surface area contributed by atoms with E-state index in [0.29, 0.717) is 16.3 Å². The highest BCUT2D eigenvalue weighted by atomic mass is 79.9. The summed E-state index contributed by atoms with van der Waals surface area (Å²) in [7, 11) is -1.18. The van der Waals surface area contributed by atoms with Gasteiger partial charge in [0, 0.05) is 12.2 Å². The number of hydrogen-bond acceptors (Lipinski definition) is 3. The zero-order chi connectivity index (χ0) is 15.6. The molecular formula is C15H20BrN3OS. The van der Waals surface area contributed by atoms with E-state index in [9.17, 15) is 4.21 Å². The van der Waals surface area contributed by atoms with E-state index in [1.165, 1.54) is 0 Å². The number of nitrogen functional groups attached to an aromatic ring is 1. The van der Waals surface area contributed by atoms with E-state index in [-0.39, 0.29) is 0 Å². The third-order valence-corrected chi connectivity index (χ3v) is 5.67. The van der Waals surface area contributed by atoms with Crippen LogP contribution in [0.25, 0.3) is 0 Å². The van der Waals surface area contributed by atoms with Crippen molar-refractivity contribution >= 4 is 32.4 Å². The SMILES string of the molecule is CCc1nn(CC)c(CS(=O)c2cc(C)ccc2N)c1Br. The first-order chi connectivity index (χ1) is 9.97. The first-order valence-electron chi connectivity index (χ1n) is 6.96. The zero-order valence-electron chi connectivity index (χ0n) is 12.5. The maximum absolute atomic E-state index is 12.7. The van der Waals surface area contributed by atoms with Crippen LogP contribution >= 0.6 is 15.9 Å². The van der Waals surface area contributed by atoms with E-state index in [1.807, 2.05) is 36.7 Å². The third-order valence-electron chi connectivity index (χ3n) is 3.38.